The molecular formula is C11H15IN2O. The average Bonchev–Trinajstić information content (AvgIpc) is 2.25. The van der Waals surface area contributed by atoms with Crippen LogP contribution in [0.2, 0.25) is 0 Å². The van der Waals surface area contributed by atoms with E-state index in [1.54, 1.807) is 6.07 Å². The molecule has 1 amide bonds. The molecule has 15 heavy (non-hydrogen) atoms. The molecule has 0 spiro atoms. The van der Waals surface area contributed by atoms with Crippen LogP contribution in [0.25, 0.3) is 0 Å². The lowest BCUT2D eigenvalue weighted by Crippen LogP contribution is -2.36. The summed E-state index contributed by atoms with van der Waals surface area (Å²) in [7, 11) is 0. The van der Waals surface area contributed by atoms with Gasteiger partial charge >= 0.3 is 0 Å². The van der Waals surface area contributed by atoms with Crippen LogP contribution in [-0.2, 0) is 0 Å². The normalized spacial score (nSPS) is 12.2. The first-order valence-corrected chi connectivity index (χ1v) is 6.00. The van der Waals surface area contributed by atoms with E-state index in [4.69, 9.17) is 5.73 Å². The molecule has 0 radical (unpaired) electrons. The monoisotopic (exact) mass is 318 g/mol. The van der Waals surface area contributed by atoms with Crippen molar-refractivity contribution in [2.75, 3.05) is 6.54 Å². The van der Waals surface area contributed by atoms with Gasteiger partial charge in [0.25, 0.3) is 5.91 Å². The van der Waals surface area contributed by atoms with E-state index in [9.17, 15) is 4.79 Å². The maximum atomic E-state index is 11.6. The van der Waals surface area contributed by atoms with Crippen LogP contribution in [0, 0.1) is 3.57 Å². The summed E-state index contributed by atoms with van der Waals surface area (Å²) < 4.78 is 1.06. The maximum Gasteiger partial charge on any atom is 0.251 e. The van der Waals surface area contributed by atoms with Crippen LogP contribution < -0.4 is 11.1 Å². The van der Waals surface area contributed by atoms with Crippen molar-refractivity contribution >= 4 is 28.5 Å². The SMILES string of the molecule is CCC(N)CNC(=O)c1cccc(I)c1. The highest BCUT2D eigenvalue weighted by molar-refractivity contribution is 14.1. The Kier molecular flexibility index (Phi) is 5.04. The Labute approximate surface area is 104 Å². The van der Waals surface area contributed by atoms with Crippen LogP contribution in [0.1, 0.15) is 23.7 Å². The van der Waals surface area contributed by atoms with Gasteiger partial charge in [0.2, 0.25) is 0 Å². The lowest BCUT2D eigenvalue weighted by molar-refractivity contribution is 0.0951. The first-order valence-electron chi connectivity index (χ1n) is 4.92. The number of hydrogen-bond acceptors (Lipinski definition) is 2. The summed E-state index contributed by atoms with van der Waals surface area (Å²) in [6, 6.07) is 7.52. The minimum atomic E-state index is -0.0579. The van der Waals surface area contributed by atoms with E-state index in [0.29, 0.717) is 12.1 Å². The van der Waals surface area contributed by atoms with Crippen LogP contribution in [0.4, 0.5) is 0 Å². The lowest BCUT2D eigenvalue weighted by atomic mass is 10.2. The first kappa shape index (κ1) is 12.4. The molecule has 1 aromatic rings. The minimum Gasteiger partial charge on any atom is -0.350 e. The van der Waals surface area contributed by atoms with Crippen LogP contribution in [0.5, 0.6) is 0 Å². The van der Waals surface area contributed by atoms with Gasteiger partial charge in [0.05, 0.1) is 0 Å². The molecule has 0 aromatic heterocycles. The molecule has 82 valence electrons. The van der Waals surface area contributed by atoms with Gasteiger partial charge in [-0.15, -0.1) is 0 Å². The van der Waals surface area contributed by atoms with Gasteiger partial charge < -0.3 is 11.1 Å². The number of rotatable bonds is 4. The summed E-state index contributed by atoms with van der Waals surface area (Å²) >= 11 is 2.18. The van der Waals surface area contributed by atoms with Crippen molar-refractivity contribution in [3.8, 4) is 0 Å². The highest BCUT2D eigenvalue weighted by Gasteiger charge is 2.06. The molecule has 1 rings (SSSR count). The molecule has 1 aromatic carbocycles. The summed E-state index contributed by atoms with van der Waals surface area (Å²) in [5.74, 6) is -0.0579. The molecule has 3 N–H and O–H groups in total. The Hall–Kier alpha value is -0.620. The predicted molar refractivity (Wildman–Crippen MR) is 69.8 cm³/mol. The second-order valence-corrected chi connectivity index (χ2v) is 4.63. The fourth-order valence-corrected chi connectivity index (χ4v) is 1.64. The predicted octanol–water partition coefficient (Wildman–Crippen LogP) is 1.76. The summed E-state index contributed by atoms with van der Waals surface area (Å²) in [6.07, 6.45) is 0.868. The van der Waals surface area contributed by atoms with Crippen LogP contribution in [0.3, 0.4) is 0 Å². The lowest BCUT2D eigenvalue weighted by Gasteiger charge is -2.10. The molecule has 0 aliphatic rings. The molecule has 0 bridgehead atoms. The van der Waals surface area contributed by atoms with Crippen molar-refractivity contribution in [2.45, 2.75) is 19.4 Å². The zero-order chi connectivity index (χ0) is 11.3. The maximum absolute atomic E-state index is 11.6. The van der Waals surface area contributed by atoms with Crippen molar-refractivity contribution in [3.63, 3.8) is 0 Å². The van der Waals surface area contributed by atoms with Gasteiger partial charge in [0, 0.05) is 21.7 Å². The number of nitrogens with two attached hydrogens (primary N) is 1. The minimum absolute atomic E-state index is 0.0386. The second-order valence-electron chi connectivity index (χ2n) is 3.39. The standard InChI is InChI=1S/C11H15IN2O/c1-2-10(13)7-14-11(15)8-4-3-5-9(12)6-8/h3-6,10H,2,7,13H2,1H3,(H,14,15). The van der Waals surface area contributed by atoms with Crippen LogP contribution in [-0.4, -0.2) is 18.5 Å². The number of carbonyl (C=O) groups excluding carboxylic acids is 1. The van der Waals surface area contributed by atoms with Gasteiger partial charge in [-0.1, -0.05) is 13.0 Å². The van der Waals surface area contributed by atoms with Gasteiger partial charge in [-0.2, -0.15) is 0 Å². The quantitative estimate of drug-likeness (QED) is 0.831. The summed E-state index contributed by atoms with van der Waals surface area (Å²) in [6.45, 7) is 2.53. The second kappa shape index (κ2) is 6.07. The molecule has 1 unspecified atom stereocenters. The molecule has 0 fully saturated rings. The number of hydrogen-bond donors (Lipinski definition) is 2. The van der Waals surface area contributed by atoms with Crippen molar-refractivity contribution in [2.24, 2.45) is 5.73 Å². The summed E-state index contributed by atoms with van der Waals surface area (Å²) in [5.41, 5.74) is 6.40. The third kappa shape index (κ3) is 4.17. The highest BCUT2D eigenvalue weighted by atomic mass is 127. The van der Waals surface area contributed by atoms with Crippen molar-refractivity contribution in [1.82, 2.24) is 5.32 Å². The molecule has 0 saturated heterocycles. The number of benzene rings is 1. The fraction of sp³-hybridized carbons (Fsp3) is 0.364. The smallest absolute Gasteiger partial charge is 0.251 e. The Morgan fingerprint density at radius 2 is 2.33 bits per heavy atom. The first-order chi connectivity index (χ1) is 7.13. The van der Waals surface area contributed by atoms with E-state index >= 15 is 0 Å². The van der Waals surface area contributed by atoms with Gasteiger partial charge in [0.15, 0.2) is 0 Å². The van der Waals surface area contributed by atoms with E-state index in [1.165, 1.54) is 0 Å². The largest absolute Gasteiger partial charge is 0.350 e. The molecule has 0 aliphatic heterocycles. The topological polar surface area (TPSA) is 55.1 Å². The van der Waals surface area contributed by atoms with E-state index in [0.717, 1.165) is 9.99 Å². The third-order valence-electron chi connectivity index (χ3n) is 2.14. The van der Waals surface area contributed by atoms with Gasteiger partial charge in [-0.25, -0.2) is 0 Å². The summed E-state index contributed by atoms with van der Waals surface area (Å²) in [4.78, 5) is 11.6. The Morgan fingerprint density at radius 1 is 1.60 bits per heavy atom. The molecule has 0 heterocycles. The van der Waals surface area contributed by atoms with Gasteiger partial charge in [-0.3, -0.25) is 4.79 Å². The average molecular weight is 318 g/mol. The van der Waals surface area contributed by atoms with Gasteiger partial charge in [0.1, 0.15) is 0 Å². The van der Waals surface area contributed by atoms with Crippen molar-refractivity contribution in [1.29, 1.82) is 0 Å². The Bertz CT molecular complexity index is 341. The fourth-order valence-electron chi connectivity index (χ4n) is 1.10. The molecule has 0 aliphatic carbocycles. The van der Waals surface area contributed by atoms with Crippen LogP contribution in [0.15, 0.2) is 24.3 Å². The molecule has 4 heteroatoms. The third-order valence-corrected chi connectivity index (χ3v) is 2.81. The zero-order valence-corrected chi connectivity index (χ0v) is 10.8. The molecule has 1 atom stereocenters. The van der Waals surface area contributed by atoms with Crippen molar-refractivity contribution in [3.05, 3.63) is 33.4 Å². The van der Waals surface area contributed by atoms with Gasteiger partial charge in [-0.05, 0) is 47.2 Å². The number of nitrogens with one attached hydrogen (secondary N) is 1. The number of carbonyl (C=O) groups is 1. The molecular weight excluding hydrogens is 303 g/mol. The zero-order valence-electron chi connectivity index (χ0n) is 8.66. The van der Waals surface area contributed by atoms with E-state index in [1.807, 2.05) is 25.1 Å². The van der Waals surface area contributed by atoms with E-state index in [-0.39, 0.29) is 11.9 Å². The molecule has 0 saturated carbocycles. The Morgan fingerprint density at radius 3 is 2.93 bits per heavy atom. The van der Waals surface area contributed by atoms with Crippen molar-refractivity contribution < 1.29 is 4.79 Å². The number of halogens is 1. The summed E-state index contributed by atoms with van der Waals surface area (Å²) in [5, 5.41) is 2.81. The van der Waals surface area contributed by atoms with E-state index in [2.05, 4.69) is 27.9 Å². The molecule has 3 nitrogen and oxygen atoms in total. The highest BCUT2D eigenvalue weighted by Crippen LogP contribution is 2.07. The number of amides is 1. The Balaban J connectivity index is 2.54. The van der Waals surface area contributed by atoms with Crippen LogP contribution >= 0.6 is 22.6 Å². The van der Waals surface area contributed by atoms with E-state index < -0.39 is 0 Å².